The average Bonchev–Trinajstić information content (AvgIpc) is 2.35. The van der Waals surface area contributed by atoms with Crippen molar-refractivity contribution in [3.8, 4) is 11.5 Å². The van der Waals surface area contributed by atoms with Crippen molar-refractivity contribution in [2.45, 2.75) is 0 Å². The van der Waals surface area contributed by atoms with Crippen LogP contribution >= 0.6 is 11.6 Å². The highest BCUT2D eigenvalue weighted by molar-refractivity contribution is 6.32. The van der Waals surface area contributed by atoms with Gasteiger partial charge in [0.05, 0.1) is 31.4 Å². The largest absolute Gasteiger partial charge is 0.493 e. The normalized spacial score (nSPS) is 9.88. The van der Waals surface area contributed by atoms with Gasteiger partial charge in [0.15, 0.2) is 11.5 Å². The maximum Gasteiger partial charge on any atom is 0.338 e. The Labute approximate surface area is 104 Å². The van der Waals surface area contributed by atoms with Crippen LogP contribution in [0.4, 0.5) is 0 Å². The molecule has 0 aliphatic heterocycles. The van der Waals surface area contributed by atoms with Gasteiger partial charge in [-0.3, -0.25) is 0 Å². The molecule has 1 N–H and O–H groups in total. The Balaban J connectivity index is 3.11. The van der Waals surface area contributed by atoms with Gasteiger partial charge in [-0.05, 0) is 12.1 Å². The van der Waals surface area contributed by atoms with Crippen molar-refractivity contribution in [2.24, 2.45) is 0 Å². The maximum atomic E-state index is 11.3. The molecule has 94 valence electrons. The predicted octanol–water partition coefficient (Wildman–Crippen LogP) is 1.51. The molecule has 0 saturated carbocycles. The zero-order valence-electron chi connectivity index (χ0n) is 9.53. The third-order valence-electron chi connectivity index (χ3n) is 1.99. The predicted molar refractivity (Wildman–Crippen MR) is 61.9 cm³/mol. The van der Waals surface area contributed by atoms with E-state index in [0.717, 1.165) is 0 Å². The number of hydrogen-bond donors (Lipinski definition) is 1. The van der Waals surface area contributed by atoms with E-state index in [2.05, 4.69) is 4.74 Å². The minimum Gasteiger partial charge on any atom is -0.493 e. The number of aliphatic hydroxyl groups is 1. The number of halogens is 1. The average molecular weight is 261 g/mol. The number of benzene rings is 1. The van der Waals surface area contributed by atoms with E-state index >= 15 is 0 Å². The number of hydrogen-bond acceptors (Lipinski definition) is 5. The van der Waals surface area contributed by atoms with Crippen molar-refractivity contribution in [1.82, 2.24) is 0 Å². The third kappa shape index (κ3) is 3.25. The van der Waals surface area contributed by atoms with E-state index in [1.165, 1.54) is 26.4 Å². The van der Waals surface area contributed by atoms with Gasteiger partial charge in [-0.2, -0.15) is 0 Å². The first-order chi connectivity index (χ1) is 8.13. The van der Waals surface area contributed by atoms with Gasteiger partial charge in [-0.15, -0.1) is 0 Å². The smallest absolute Gasteiger partial charge is 0.338 e. The fourth-order valence-corrected chi connectivity index (χ4v) is 1.51. The molecule has 0 spiro atoms. The van der Waals surface area contributed by atoms with Crippen LogP contribution in [0, 0.1) is 0 Å². The summed E-state index contributed by atoms with van der Waals surface area (Å²) in [6, 6.07) is 2.88. The van der Waals surface area contributed by atoms with Crippen LogP contribution in [-0.2, 0) is 4.74 Å². The lowest BCUT2D eigenvalue weighted by molar-refractivity contribution is 0.0600. The molecule has 1 rings (SSSR count). The van der Waals surface area contributed by atoms with Gasteiger partial charge in [0.1, 0.15) is 6.61 Å². The first kappa shape index (κ1) is 13.6. The second-order valence-electron chi connectivity index (χ2n) is 3.05. The topological polar surface area (TPSA) is 65.0 Å². The number of ether oxygens (including phenoxy) is 3. The first-order valence-corrected chi connectivity index (χ1v) is 5.21. The van der Waals surface area contributed by atoms with Gasteiger partial charge in [0, 0.05) is 0 Å². The number of esters is 1. The molecule has 0 aliphatic rings. The van der Waals surface area contributed by atoms with Crippen LogP contribution in [0.2, 0.25) is 5.02 Å². The summed E-state index contributed by atoms with van der Waals surface area (Å²) >= 11 is 5.96. The van der Waals surface area contributed by atoms with E-state index in [1.807, 2.05) is 0 Å². The molecule has 0 aromatic heterocycles. The first-order valence-electron chi connectivity index (χ1n) is 4.83. The molecule has 0 aliphatic carbocycles. The highest BCUT2D eigenvalue weighted by Crippen LogP contribution is 2.36. The van der Waals surface area contributed by atoms with Crippen molar-refractivity contribution < 1.29 is 24.1 Å². The van der Waals surface area contributed by atoms with E-state index in [-0.39, 0.29) is 29.5 Å². The molecule has 5 nitrogen and oxygen atoms in total. The summed E-state index contributed by atoms with van der Waals surface area (Å²) in [5.74, 6) is 0.0844. The van der Waals surface area contributed by atoms with E-state index in [0.29, 0.717) is 5.75 Å². The fraction of sp³-hybridized carbons (Fsp3) is 0.364. The lowest BCUT2D eigenvalue weighted by Crippen LogP contribution is -2.06. The van der Waals surface area contributed by atoms with Crippen LogP contribution in [0.3, 0.4) is 0 Å². The summed E-state index contributed by atoms with van der Waals surface area (Å²) in [6.07, 6.45) is 0. The molecule has 1 aromatic carbocycles. The van der Waals surface area contributed by atoms with Crippen LogP contribution in [0.5, 0.6) is 11.5 Å². The maximum absolute atomic E-state index is 11.3. The van der Waals surface area contributed by atoms with Crippen molar-refractivity contribution in [2.75, 3.05) is 27.4 Å². The molecule has 0 saturated heterocycles. The molecule has 0 fully saturated rings. The van der Waals surface area contributed by atoms with Crippen molar-refractivity contribution in [3.05, 3.63) is 22.7 Å². The summed E-state index contributed by atoms with van der Waals surface area (Å²) in [4.78, 5) is 11.3. The van der Waals surface area contributed by atoms with Crippen molar-refractivity contribution in [3.63, 3.8) is 0 Å². The quantitative estimate of drug-likeness (QED) is 0.813. The molecule has 0 unspecified atom stereocenters. The molecule has 0 bridgehead atoms. The van der Waals surface area contributed by atoms with Gasteiger partial charge in [0.25, 0.3) is 0 Å². The van der Waals surface area contributed by atoms with Gasteiger partial charge in [-0.1, -0.05) is 11.6 Å². The monoisotopic (exact) mass is 260 g/mol. The highest BCUT2D eigenvalue weighted by atomic mass is 35.5. The van der Waals surface area contributed by atoms with Crippen LogP contribution in [0.1, 0.15) is 10.4 Å². The number of carbonyl (C=O) groups is 1. The number of carbonyl (C=O) groups excluding carboxylic acids is 1. The third-order valence-corrected chi connectivity index (χ3v) is 2.27. The number of aliphatic hydroxyl groups excluding tert-OH is 1. The van der Waals surface area contributed by atoms with E-state index < -0.39 is 5.97 Å². The summed E-state index contributed by atoms with van der Waals surface area (Å²) in [6.45, 7) is -0.0497. The zero-order valence-corrected chi connectivity index (χ0v) is 10.3. The summed E-state index contributed by atoms with van der Waals surface area (Å²) in [5.41, 5.74) is 0.269. The standard InChI is InChI=1S/C11H13ClO5/c1-15-9-6-7(11(14)16-2)5-8(12)10(9)17-4-3-13/h5-6,13H,3-4H2,1-2H3. The SMILES string of the molecule is COC(=O)c1cc(Cl)c(OCCO)c(OC)c1. The highest BCUT2D eigenvalue weighted by Gasteiger charge is 2.15. The van der Waals surface area contributed by atoms with E-state index in [1.54, 1.807) is 0 Å². The molecular formula is C11H13ClO5. The van der Waals surface area contributed by atoms with Crippen LogP contribution in [0.25, 0.3) is 0 Å². The summed E-state index contributed by atoms with van der Waals surface area (Å²) < 4.78 is 14.9. The summed E-state index contributed by atoms with van der Waals surface area (Å²) in [5, 5.41) is 8.90. The van der Waals surface area contributed by atoms with E-state index in [9.17, 15) is 4.79 Å². The van der Waals surface area contributed by atoms with Crippen molar-refractivity contribution in [1.29, 1.82) is 0 Å². The number of methoxy groups -OCH3 is 2. The van der Waals surface area contributed by atoms with Crippen LogP contribution in [-0.4, -0.2) is 38.5 Å². The molecule has 0 amide bonds. The lowest BCUT2D eigenvalue weighted by atomic mass is 10.2. The van der Waals surface area contributed by atoms with Gasteiger partial charge < -0.3 is 19.3 Å². The Bertz CT molecular complexity index is 405. The molecule has 6 heteroatoms. The molecule has 0 heterocycles. The van der Waals surface area contributed by atoms with Gasteiger partial charge >= 0.3 is 5.97 Å². The molecular weight excluding hydrogens is 248 g/mol. The zero-order chi connectivity index (χ0) is 12.8. The molecule has 0 atom stereocenters. The Morgan fingerprint density at radius 3 is 2.65 bits per heavy atom. The Hall–Kier alpha value is -1.46. The Kier molecular flexibility index (Phi) is 5.06. The Morgan fingerprint density at radius 1 is 1.41 bits per heavy atom. The minimum atomic E-state index is -0.515. The fourth-order valence-electron chi connectivity index (χ4n) is 1.24. The number of rotatable bonds is 5. The van der Waals surface area contributed by atoms with Crippen LogP contribution < -0.4 is 9.47 Å². The van der Waals surface area contributed by atoms with Gasteiger partial charge in [-0.25, -0.2) is 4.79 Å². The van der Waals surface area contributed by atoms with E-state index in [4.69, 9.17) is 26.2 Å². The molecule has 17 heavy (non-hydrogen) atoms. The Morgan fingerprint density at radius 2 is 2.12 bits per heavy atom. The van der Waals surface area contributed by atoms with Gasteiger partial charge in [0.2, 0.25) is 0 Å². The van der Waals surface area contributed by atoms with Crippen LogP contribution in [0.15, 0.2) is 12.1 Å². The lowest BCUT2D eigenvalue weighted by Gasteiger charge is -2.12. The summed E-state index contributed by atoms with van der Waals surface area (Å²) in [7, 11) is 2.71. The second kappa shape index (κ2) is 6.32. The second-order valence-corrected chi connectivity index (χ2v) is 3.46. The van der Waals surface area contributed by atoms with Crippen molar-refractivity contribution >= 4 is 17.6 Å². The minimum absolute atomic E-state index is 0.0909. The molecule has 1 aromatic rings. The molecule has 0 radical (unpaired) electrons.